The van der Waals surface area contributed by atoms with E-state index in [2.05, 4.69) is 38.0 Å². The van der Waals surface area contributed by atoms with Gasteiger partial charge in [0.25, 0.3) is 5.91 Å². The molecule has 7 heteroatoms. The molecule has 1 fully saturated rings. The summed E-state index contributed by atoms with van der Waals surface area (Å²) in [7, 11) is 2.00. The van der Waals surface area contributed by atoms with Crippen LogP contribution in [0.1, 0.15) is 36.2 Å². The van der Waals surface area contributed by atoms with Crippen LogP contribution in [0.25, 0.3) is 11.3 Å². The molecule has 1 aromatic heterocycles. The van der Waals surface area contributed by atoms with Gasteiger partial charge in [-0.2, -0.15) is 0 Å². The first kappa shape index (κ1) is 22.3. The maximum absolute atomic E-state index is 13.4. The third-order valence-electron chi connectivity index (χ3n) is 6.99. The summed E-state index contributed by atoms with van der Waals surface area (Å²) >= 11 is 0. The van der Waals surface area contributed by atoms with Crippen molar-refractivity contribution >= 4 is 17.3 Å². The van der Waals surface area contributed by atoms with E-state index in [0.717, 1.165) is 67.1 Å². The molecular weight excluding hydrogens is 429 g/mol. The molecule has 0 spiro atoms. The van der Waals surface area contributed by atoms with Crippen LogP contribution in [0.2, 0.25) is 0 Å². The third-order valence-corrected chi connectivity index (χ3v) is 6.99. The highest BCUT2D eigenvalue weighted by molar-refractivity contribution is 6.46. The van der Waals surface area contributed by atoms with Gasteiger partial charge in [0.1, 0.15) is 17.4 Å². The van der Waals surface area contributed by atoms with Gasteiger partial charge in [-0.15, -0.1) is 0 Å². The fraction of sp³-hybridized carbons (Fsp3) is 0.370. The fourth-order valence-corrected chi connectivity index (χ4v) is 4.87. The average Bonchev–Trinajstić information content (AvgIpc) is 3.05. The van der Waals surface area contributed by atoms with Gasteiger partial charge >= 0.3 is 0 Å². The van der Waals surface area contributed by atoms with Crippen molar-refractivity contribution in [3.8, 4) is 11.3 Å². The van der Waals surface area contributed by atoms with E-state index in [1.807, 2.05) is 32.3 Å². The summed E-state index contributed by atoms with van der Waals surface area (Å²) in [4.78, 5) is 24.7. The number of anilines is 1. The molecule has 3 heterocycles. The van der Waals surface area contributed by atoms with E-state index >= 15 is 0 Å². The van der Waals surface area contributed by atoms with E-state index in [1.54, 1.807) is 0 Å². The van der Waals surface area contributed by atoms with Crippen molar-refractivity contribution in [2.45, 2.75) is 38.6 Å². The zero-order valence-corrected chi connectivity index (χ0v) is 19.7. The van der Waals surface area contributed by atoms with Gasteiger partial charge in [-0.05, 0) is 68.5 Å². The van der Waals surface area contributed by atoms with Crippen LogP contribution in [0, 0.1) is 12.7 Å². The predicted molar refractivity (Wildman–Crippen MR) is 133 cm³/mol. The standard InChI is InChI=1S/C27H30FN5O/c1-18-30-17-25(32(18)2)20-6-5-19-4-3-13-29-26(24(19)16-20)27(34)31-22-11-14-33(15-12-22)23-9-7-21(28)8-10-23/h5-10,16-17,22H,3-4,11-15H2,1-2H3,(H,31,34). The van der Waals surface area contributed by atoms with Crippen LogP contribution in [-0.4, -0.2) is 46.8 Å². The Morgan fingerprint density at radius 3 is 2.59 bits per heavy atom. The Balaban J connectivity index is 1.31. The van der Waals surface area contributed by atoms with Crippen molar-refractivity contribution in [3.63, 3.8) is 0 Å². The van der Waals surface area contributed by atoms with Gasteiger partial charge in [0, 0.05) is 49.5 Å². The molecule has 2 aromatic carbocycles. The molecule has 2 aliphatic heterocycles. The molecule has 2 aliphatic rings. The number of aromatic nitrogens is 2. The summed E-state index contributed by atoms with van der Waals surface area (Å²) in [6.45, 7) is 4.28. The smallest absolute Gasteiger partial charge is 0.270 e. The average molecular weight is 460 g/mol. The van der Waals surface area contributed by atoms with Crippen LogP contribution in [-0.2, 0) is 18.3 Å². The van der Waals surface area contributed by atoms with E-state index in [1.165, 1.54) is 17.7 Å². The van der Waals surface area contributed by atoms with Gasteiger partial charge in [0.2, 0.25) is 0 Å². The first-order chi connectivity index (χ1) is 16.5. The molecular formula is C27H30FN5O. The summed E-state index contributed by atoms with van der Waals surface area (Å²) in [5, 5.41) is 3.24. The van der Waals surface area contributed by atoms with Crippen molar-refractivity contribution in [3.05, 3.63) is 71.4 Å². The number of aliphatic imine (C=N–C) groups is 1. The maximum atomic E-state index is 13.4. The fourth-order valence-electron chi connectivity index (χ4n) is 4.87. The number of amides is 1. The number of hydrogen-bond acceptors (Lipinski definition) is 4. The maximum Gasteiger partial charge on any atom is 0.270 e. The molecule has 1 N–H and O–H groups in total. The summed E-state index contributed by atoms with van der Waals surface area (Å²) in [5.74, 6) is 0.627. The molecule has 0 atom stereocenters. The highest BCUT2D eigenvalue weighted by Gasteiger charge is 2.26. The van der Waals surface area contributed by atoms with Crippen molar-refractivity contribution in [1.82, 2.24) is 14.9 Å². The second-order valence-electron chi connectivity index (χ2n) is 9.17. The third kappa shape index (κ3) is 4.47. The molecule has 0 unspecified atom stereocenters. The molecule has 6 nitrogen and oxygen atoms in total. The second-order valence-corrected chi connectivity index (χ2v) is 9.17. The lowest BCUT2D eigenvalue weighted by atomic mass is 9.95. The lowest BCUT2D eigenvalue weighted by molar-refractivity contribution is -0.115. The minimum atomic E-state index is -0.225. The Labute approximate surface area is 199 Å². The predicted octanol–water partition coefficient (Wildman–Crippen LogP) is 4.06. The van der Waals surface area contributed by atoms with E-state index in [9.17, 15) is 9.18 Å². The number of fused-ring (bicyclic) bond motifs is 1. The SMILES string of the molecule is Cc1ncc(-c2ccc3c(c2)C(C(=O)NC2CCN(c4ccc(F)cc4)CC2)=NCCC3)n1C. The quantitative estimate of drug-likeness (QED) is 0.640. The summed E-state index contributed by atoms with van der Waals surface area (Å²) < 4.78 is 15.3. The summed E-state index contributed by atoms with van der Waals surface area (Å²) in [6, 6.07) is 13.0. The Morgan fingerprint density at radius 1 is 1.12 bits per heavy atom. The van der Waals surface area contributed by atoms with Crippen LogP contribution in [0.5, 0.6) is 0 Å². The lowest BCUT2D eigenvalue weighted by Crippen LogP contribution is -2.46. The number of nitrogens with zero attached hydrogens (tertiary/aromatic N) is 4. The Kier molecular flexibility index (Phi) is 6.18. The zero-order chi connectivity index (χ0) is 23.7. The normalized spacial score (nSPS) is 16.6. The first-order valence-corrected chi connectivity index (χ1v) is 12.0. The molecule has 0 bridgehead atoms. The minimum Gasteiger partial charge on any atom is -0.371 e. The zero-order valence-electron chi connectivity index (χ0n) is 19.7. The number of piperidine rings is 1. The highest BCUT2D eigenvalue weighted by Crippen LogP contribution is 2.26. The summed E-state index contributed by atoms with van der Waals surface area (Å²) in [5.41, 5.74) is 5.71. The van der Waals surface area contributed by atoms with Gasteiger partial charge in [0.15, 0.2) is 0 Å². The number of rotatable bonds is 4. The van der Waals surface area contributed by atoms with Crippen molar-refractivity contribution in [2.75, 3.05) is 24.5 Å². The number of aryl methyl sites for hydroxylation is 2. The van der Waals surface area contributed by atoms with Crippen molar-refractivity contribution < 1.29 is 9.18 Å². The number of benzene rings is 2. The van der Waals surface area contributed by atoms with E-state index in [4.69, 9.17) is 4.99 Å². The number of carbonyl (C=O) groups excluding carboxylic acids is 1. The molecule has 0 radical (unpaired) electrons. The van der Waals surface area contributed by atoms with Crippen molar-refractivity contribution in [1.29, 1.82) is 0 Å². The molecule has 34 heavy (non-hydrogen) atoms. The van der Waals surface area contributed by atoms with E-state index < -0.39 is 0 Å². The monoisotopic (exact) mass is 459 g/mol. The van der Waals surface area contributed by atoms with Gasteiger partial charge in [-0.1, -0.05) is 12.1 Å². The summed E-state index contributed by atoms with van der Waals surface area (Å²) in [6.07, 6.45) is 5.41. The van der Waals surface area contributed by atoms with Crippen LogP contribution < -0.4 is 10.2 Å². The molecule has 176 valence electrons. The van der Waals surface area contributed by atoms with Crippen molar-refractivity contribution in [2.24, 2.45) is 12.0 Å². The molecule has 1 amide bonds. The Morgan fingerprint density at radius 2 is 1.88 bits per heavy atom. The van der Waals surface area contributed by atoms with Crippen LogP contribution in [0.15, 0.2) is 53.7 Å². The van der Waals surface area contributed by atoms with E-state index in [-0.39, 0.29) is 17.8 Å². The lowest BCUT2D eigenvalue weighted by Gasteiger charge is -2.34. The topological polar surface area (TPSA) is 62.5 Å². The number of nitrogens with one attached hydrogen (secondary N) is 1. The van der Waals surface area contributed by atoms with Crippen LogP contribution >= 0.6 is 0 Å². The van der Waals surface area contributed by atoms with E-state index in [0.29, 0.717) is 12.3 Å². The molecule has 1 saturated heterocycles. The van der Waals surface area contributed by atoms with Gasteiger partial charge in [-0.3, -0.25) is 9.79 Å². The second kappa shape index (κ2) is 9.41. The van der Waals surface area contributed by atoms with Gasteiger partial charge in [-0.25, -0.2) is 9.37 Å². The van der Waals surface area contributed by atoms with Gasteiger partial charge < -0.3 is 14.8 Å². The number of halogens is 1. The minimum absolute atomic E-state index is 0.0956. The molecule has 0 saturated carbocycles. The van der Waals surface area contributed by atoms with Gasteiger partial charge in [0.05, 0.1) is 11.9 Å². The first-order valence-electron chi connectivity index (χ1n) is 12.0. The molecule has 5 rings (SSSR count). The number of carbonyl (C=O) groups is 1. The largest absolute Gasteiger partial charge is 0.371 e. The number of hydrogen-bond donors (Lipinski definition) is 1. The van der Waals surface area contributed by atoms with Crippen LogP contribution in [0.3, 0.4) is 0 Å². The Bertz CT molecular complexity index is 1220. The van der Waals surface area contributed by atoms with Crippen LogP contribution in [0.4, 0.5) is 10.1 Å². The Hall–Kier alpha value is -3.48. The molecule has 3 aromatic rings. The number of imidazole rings is 1. The highest BCUT2D eigenvalue weighted by atomic mass is 19.1. The molecule has 0 aliphatic carbocycles.